The van der Waals surface area contributed by atoms with Crippen LogP contribution >= 0.6 is 0 Å². The summed E-state index contributed by atoms with van der Waals surface area (Å²) in [6.07, 6.45) is 6.02. The molecule has 25 heavy (non-hydrogen) atoms. The molecule has 1 aliphatic rings. The van der Waals surface area contributed by atoms with Crippen molar-refractivity contribution in [2.45, 2.75) is 45.8 Å². The van der Waals surface area contributed by atoms with Gasteiger partial charge in [0.05, 0.1) is 24.9 Å². The van der Waals surface area contributed by atoms with Crippen LogP contribution in [-0.2, 0) is 16.0 Å². The van der Waals surface area contributed by atoms with Gasteiger partial charge in [-0.25, -0.2) is 0 Å². The van der Waals surface area contributed by atoms with Gasteiger partial charge in [-0.1, -0.05) is 23.8 Å². The molecule has 0 radical (unpaired) electrons. The molecule has 1 fully saturated rings. The number of carbonyl (C=O) groups excluding carboxylic acids is 1. The summed E-state index contributed by atoms with van der Waals surface area (Å²) in [6.45, 7) is 7.38. The lowest BCUT2D eigenvalue weighted by molar-refractivity contribution is -0.144. The molecule has 0 bridgehead atoms. The van der Waals surface area contributed by atoms with Crippen molar-refractivity contribution in [2.24, 2.45) is 0 Å². The molecule has 1 aromatic heterocycles. The molecule has 2 atom stereocenters. The largest absolute Gasteiger partial charge is 0.370 e. The van der Waals surface area contributed by atoms with E-state index >= 15 is 0 Å². The number of rotatable bonds is 4. The maximum Gasteiger partial charge on any atom is 0.223 e. The minimum Gasteiger partial charge on any atom is -0.370 e. The van der Waals surface area contributed by atoms with Crippen molar-refractivity contribution in [3.8, 4) is 0 Å². The van der Waals surface area contributed by atoms with Gasteiger partial charge in [0.2, 0.25) is 5.91 Å². The first kappa shape index (κ1) is 17.5. The fourth-order valence-corrected chi connectivity index (χ4v) is 3.24. The lowest BCUT2D eigenvalue weighted by Gasteiger charge is -2.39. The Morgan fingerprint density at radius 3 is 2.92 bits per heavy atom. The highest BCUT2D eigenvalue weighted by Gasteiger charge is 2.30. The third kappa shape index (κ3) is 4.23. The molecule has 0 saturated carbocycles. The molecule has 0 unspecified atom stereocenters. The average molecular weight is 339 g/mol. The Hall–Kier alpha value is -2.27. The standard InChI is InChI=1S/C20H25N3O2/c1-14-4-5-15(2)18(10-14)19-12-23(16(3)13-25-19)20(24)7-6-17-11-21-8-9-22-17/h4-5,8-11,16,19H,6-7,12-13H2,1-3H3/t16-,19+/m0/s1. The monoisotopic (exact) mass is 339 g/mol. The first-order valence-corrected chi connectivity index (χ1v) is 8.77. The lowest BCUT2D eigenvalue weighted by atomic mass is 9.98. The van der Waals surface area contributed by atoms with Crippen LogP contribution in [0, 0.1) is 13.8 Å². The number of amides is 1. The number of benzene rings is 1. The summed E-state index contributed by atoms with van der Waals surface area (Å²) in [5.41, 5.74) is 4.45. The van der Waals surface area contributed by atoms with Crippen molar-refractivity contribution in [3.63, 3.8) is 0 Å². The Kier molecular flexibility index (Phi) is 5.43. The molecule has 5 heteroatoms. The fraction of sp³-hybridized carbons (Fsp3) is 0.450. The summed E-state index contributed by atoms with van der Waals surface area (Å²) < 4.78 is 6.04. The minimum atomic E-state index is -0.0587. The van der Waals surface area contributed by atoms with Gasteiger partial charge in [-0.05, 0) is 38.3 Å². The molecule has 1 saturated heterocycles. The Balaban J connectivity index is 1.68. The first-order chi connectivity index (χ1) is 12.0. The SMILES string of the molecule is Cc1ccc(C)c([C@H]2CN(C(=O)CCc3cnccn3)[C@@H](C)CO2)c1. The van der Waals surface area contributed by atoms with Crippen LogP contribution in [-0.4, -0.2) is 40.0 Å². The van der Waals surface area contributed by atoms with Gasteiger partial charge in [0, 0.05) is 25.0 Å². The highest BCUT2D eigenvalue weighted by atomic mass is 16.5. The zero-order valence-corrected chi connectivity index (χ0v) is 15.1. The summed E-state index contributed by atoms with van der Waals surface area (Å²) in [4.78, 5) is 23.0. The smallest absolute Gasteiger partial charge is 0.223 e. The predicted octanol–water partition coefficient (Wildman–Crippen LogP) is 3.01. The van der Waals surface area contributed by atoms with Gasteiger partial charge >= 0.3 is 0 Å². The van der Waals surface area contributed by atoms with E-state index in [0.717, 1.165) is 5.69 Å². The molecule has 5 nitrogen and oxygen atoms in total. The Morgan fingerprint density at radius 2 is 2.16 bits per heavy atom. The van der Waals surface area contributed by atoms with Gasteiger partial charge < -0.3 is 9.64 Å². The van der Waals surface area contributed by atoms with Gasteiger partial charge in [-0.15, -0.1) is 0 Å². The molecule has 1 aromatic carbocycles. The topological polar surface area (TPSA) is 55.3 Å². The van der Waals surface area contributed by atoms with E-state index in [2.05, 4.69) is 42.0 Å². The summed E-state index contributed by atoms with van der Waals surface area (Å²) in [7, 11) is 0. The van der Waals surface area contributed by atoms with Crippen molar-refractivity contribution >= 4 is 5.91 Å². The minimum absolute atomic E-state index is 0.0587. The molecular formula is C20H25N3O2. The summed E-state index contributed by atoms with van der Waals surface area (Å²) in [6, 6.07) is 6.48. The molecule has 1 aliphatic heterocycles. The number of aromatic nitrogens is 2. The molecule has 1 amide bonds. The van der Waals surface area contributed by atoms with E-state index in [9.17, 15) is 4.79 Å². The van der Waals surface area contributed by atoms with Crippen molar-refractivity contribution < 1.29 is 9.53 Å². The van der Waals surface area contributed by atoms with Gasteiger partial charge in [-0.2, -0.15) is 0 Å². The number of nitrogens with zero attached hydrogens (tertiary/aromatic N) is 3. The average Bonchev–Trinajstić information content (AvgIpc) is 2.63. The van der Waals surface area contributed by atoms with Crippen molar-refractivity contribution in [1.29, 1.82) is 0 Å². The first-order valence-electron chi connectivity index (χ1n) is 8.77. The molecule has 0 aliphatic carbocycles. The van der Waals surface area contributed by atoms with E-state index in [4.69, 9.17) is 4.74 Å². The van der Waals surface area contributed by atoms with Crippen molar-refractivity contribution in [2.75, 3.05) is 13.2 Å². The molecule has 2 heterocycles. The number of carbonyl (C=O) groups is 1. The second-order valence-electron chi connectivity index (χ2n) is 6.77. The van der Waals surface area contributed by atoms with Gasteiger partial charge in [0.15, 0.2) is 0 Å². The van der Waals surface area contributed by atoms with Gasteiger partial charge in [0.25, 0.3) is 0 Å². The maximum absolute atomic E-state index is 12.7. The number of morpholine rings is 1. The second kappa shape index (κ2) is 7.74. The van der Waals surface area contributed by atoms with Crippen LogP contribution in [0.4, 0.5) is 0 Å². The van der Waals surface area contributed by atoms with E-state index in [-0.39, 0.29) is 18.1 Å². The zero-order chi connectivity index (χ0) is 17.8. The van der Waals surface area contributed by atoms with Crippen LogP contribution in [0.25, 0.3) is 0 Å². The van der Waals surface area contributed by atoms with E-state index in [1.807, 2.05) is 11.8 Å². The summed E-state index contributed by atoms with van der Waals surface area (Å²) >= 11 is 0. The summed E-state index contributed by atoms with van der Waals surface area (Å²) in [5, 5.41) is 0. The Morgan fingerprint density at radius 1 is 1.32 bits per heavy atom. The molecule has 0 N–H and O–H groups in total. The lowest BCUT2D eigenvalue weighted by Crippen LogP contribution is -2.48. The molecular weight excluding hydrogens is 314 g/mol. The van der Waals surface area contributed by atoms with Gasteiger partial charge in [-0.3, -0.25) is 14.8 Å². The highest BCUT2D eigenvalue weighted by Crippen LogP contribution is 2.28. The normalized spacial score (nSPS) is 20.5. The van der Waals surface area contributed by atoms with Crippen LogP contribution in [0.2, 0.25) is 0 Å². The zero-order valence-electron chi connectivity index (χ0n) is 15.1. The number of hydrogen-bond acceptors (Lipinski definition) is 4. The molecule has 2 aromatic rings. The Labute approximate surface area is 149 Å². The van der Waals surface area contributed by atoms with E-state index < -0.39 is 0 Å². The van der Waals surface area contributed by atoms with Crippen LogP contribution < -0.4 is 0 Å². The van der Waals surface area contributed by atoms with E-state index in [1.54, 1.807) is 18.6 Å². The second-order valence-corrected chi connectivity index (χ2v) is 6.77. The number of aryl methyl sites for hydroxylation is 3. The predicted molar refractivity (Wildman–Crippen MR) is 96.1 cm³/mol. The fourth-order valence-electron chi connectivity index (χ4n) is 3.24. The van der Waals surface area contributed by atoms with Gasteiger partial charge in [0.1, 0.15) is 6.10 Å². The molecule has 3 rings (SSSR count). The van der Waals surface area contributed by atoms with Crippen LogP contribution in [0.15, 0.2) is 36.8 Å². The summed E-state index contributed by atoms with van der Waals surface area (Å²) in [5.74, 6) is 0.150. The van der Waals surface area contributed by atoms with Crippen LogP contribution in [0.5, 0.6) is 0 Å². The third-order valence-electron chi connectivity index (χ3n) is 4.75. The highest BCUT2D eigenvalue weighted by molar-refractivity contribution is 5.77. The maximum atomic E-state index is 12.7. The van der Waals surface area contributed by atoms with Crippen molar-refractivity contribution in [1.82, 2.24) is 14.9 Å². The Bertz CT molecular complexity index is 733. The number of hydrogen-bond donors (Lipinski definition) is 0. The van der Waals surface area contributed by atoms with Crippen LogP contribution in [0.3, 0.4) is 0 Å². The van der Waals surface area contributed by atoms with E-state index in [1.165, 1.54) is 16.7 Å². The van der Waals surface area contributed by atoms with Crippen LogP contribution in [0.1, 0.15) is 41.8 Å². The number of ether oxygens (including phenoxy) is 1. The third-order valence-corrected chi connectivity index (χ3v) is 4.75. The molecule has 0 spiro atoms. The quantitative estimate of drug-likeness (QED) is 0.859. The molecule has 132 valence electrons. The van der Waals surface area contributed by atoms with E-state index in [0.29, 0.717) is 26.0 Å². The van der Waals surface area contributed by atoms with Crippen molar-refractivity contribution in [3.05, 3.63) is 59.2 Å².